The molecule has 1 aromatic rings. The summed E-state index contributed by atoms with van der Waals surface area (Å²) in [5.41, 5.74) is 0.353. The van der Waals surface area contributed by atoms with Crippen molar-refractivity contribution in [2.75, 3.05) is 11.9 Å². The van der Waals surface area contributed by atoms with Crippen molar-refractivity contribution in [1.29, 1.82) is 0 Å². The molecule has 0 radical (unpaired) electrons. The van der Waals surface area contributed by atoms with E-state index in [1.165, 1.54) is 18.8 Å². The molecule has 1 amide bonds. The molecular formula is C13H17BrN2O2. The third-order valence-corrected chi connectivity index (χ3v) is 3.90. The predicted molar refractivity (Wildman–Crippen MR) is 73.0 cm³/mol. The van der Waals surface area contributed by atoms with E-state index in [1.54, 1.807) is 6.07 Å². The highest BCUT2D eigenvalue weighted by Crippen LogP contribution is 2.28. The van der Waals surface area contributed by atoms with E-state index in [1.807, 2.05) is 4.90 Å². The normalized spacial score (nSPS) is 15.2. The van der Waals surface area contributed by atoms with Crippen LogP contribution < -0.4 is 0 Å². The zero-order chi connectivity index (χ0) is 13.0. The van der Waals surface area contributed by atoms with Crippen LogP contribution in [0.15, 0.2) is 18.5 Å². The molecule has 18 heavy (non-hydrogen) atoms. The lowest BCUT2D eigenvalue weighted by Crippen LogP contribution is -2.44. The van der Waals surface area contributed by atoms with Gasteiger partial charge in [0.1, 0.15) is 5.75 Å². The SMILES string of the molecule is O=C(c1ccncc1O)N(CCCBr)C1CCC1. The van der Waals surface area contributed by atoms with Gasteiger partial charge in [0.2, 0.25) is 0 Å². The second-order valence-corrected chi connectivity index (χ2v) is 5.31. The van der Waals surface area contributed by atoms with Crippen LogP contribution in [0.25, 0.3) is 0 Å². The summed E-state index contributed by atoms with van der Waals surface area (Å²) in [6.07, 6.45) is 7.10. The summed E-state index contributed by atoms with van der Waals surface area (Å²) < 4.78 is 0. The van der Waals surface area contributed by atoms with Crippen LogP contribution in [-0.4, -0.2) is 38.8 Å². The molecule has 1 aromatic heterocycles. The number of hydrogen-bond acceptors (Lipinski definition) is 3. The van der Waals surface area contributed by atoms with E-state index in [0.29, 0.717) is 11.6 Å². The van der Waals surface area contributed by atoms with Crippen molar-refractivity contribution in [3.8, 4) is 5.75 Å². The Balaban J connectivity index is 2.14. The Hall–Kier alpha value is -1.10. The van der Waals surface area contributed by atoms with Gasteiger partial charge in [0, 0.05) is 24.1 Å². The van der Waals surface area contributed by atoms with Crippen molar-refractivity contribution in [2.24, 2.45) is 0 Å². The van der Waals surface area contributed by atoms with Gasteiger partial charge >= 0.3 is 0 Å². The predicted octanol–water partition coefficient (Wildman–Crippen LogP) is 2.57. The monoisotopic (exact) mass is 312 g/mol. The first-order chi connectivity index (χ1) is 8.74. The maximum atomic E-state index is 12.4. The molecule has 1 heterocycles. The first kappa shape index (κ1) is 13.3. The Morgan fingerprint density at radius 1 is 1.56 bits per heavy atom. The highest BCUT2D eigenvalue weighted by Gasteiger charge is 2.29. The molecule has 4 nitrogen and oxygen atoms in total. The van der Waals surface area contributed by atoms with Crippen LogP contribution in [0.3, 0.4) is 0 Å². The number of aromatic nitrogens is 1. The number of nitrogens with zero attached hydrogens (tertiary/aromatic N) is 2. The van der Waals surface area contributed by atoms with Crippen LogP contribution in [0.1, 0.15) is 36.0 Å². The Bertz CT molecular complexity index is 421. The number of alkyl halides is 1. The molecular weight excluding hydrogens is 296 g/mol. The van der Waals surface area contributed by atoms with Gasteiger partial charge in [-0.3, -0.25) is 9.78 Å². The first-order valence-electron chi connectivity index (χ1n) is 6.24. The number of amides is 1. The minimum Gasteiger partial charge on any atom is -0.505 e. The Morgan fingerprint density at radius 2 is 2.33 bits per heavy atom. The van der Waals surface area contributed by atoms with E-state index >= 15 is 0 Å². The van der Waals surface area contributed by atoms with Crippen molar-refractivity contribution in [2.45, 2.75) is 31.7 Å². The van der Waals surface area contributed by atoms with Crippen molar-refractivity contribution >= 4 is 21.8 Å². The highest BCUT2D eigenvalue weighted by molar-refractivity contribution is 9.09. The van der Waals surface area contributed by atoms with Gasteiger partial charge in [-0.1, -0.05) is 15.9 Å². The molecule has 1 aliphatic carbocycles. The first-order valence-corrected chi connectivity index (χ1v) is 7.36. The van der Waals surface area contributed by atoms with E-state index in [-0.39, 0.29) is 11.7 Å². The van der Waals surface area contributed by atoms with Gasteiger partial charge in [0.25, 0.3) is 5.91 Å². The molecule has 0 atom stereocenters. The van der Waals surface area contributed by atoms with Gasteiger partial charge in [-0.15, -0.1) is 0 Å². The third kappa shape index (κ3) is 2.83. The quantitative estimate of drug-likeness (QED) is 0.850. The minimum atomic E-state index is -0.0828. The van der Waals surface area contributed by atoms with Crippen LogP contribution in [0.5, 0.6) is 5.75 Å². The Morgan fingerprint density at radius 3 is 2.89 bits per heavy atom. The molecule has 0 saturated heterocycles. The smallest absolute Gasteiger partial charge is 0.257 e. The molecule has 1 saturated carbocycles. The summed E-state index contributed by atoms with van der Waals surface area (Å²) in [4.78, 5) is 18.1. The van der Waals surface area contributed by atoms with Gasteiger partial charge < -0.3 is 10.0 Å². The lowest BCUT2D eigenvalue weighted by atomic mass is 9.91. The van der Waals surface area contributed by atoms with E-state index in [2.05, 4.69) is 20.9 Å². The van der Waals surface area contributed by atoms with Gasteiger partial charge in [-0.05, 0) is 31.7 Å². The molecule has 0 spiro atoms. The maximum absolute atomic E-state index is 12.4. The standard InChI is InChI=1S/C13H17BrN2O2/c14-6-2-8-16(10-3-1-4-10)13(18)11-5-7-15-9-12(11)17/h5,7,9-10,17H,1-4,6,8H2. The van der Waals surface area contributed by atoms with E-state index in [9.17, 15) is 9.90 Å². The zero-order valence-corrected chi connectivity index (χ0v) is 11.8. The fourth-order valence-corrected chi connectivity index (χ4v) is 2.35. The largest absolute Gasteiger partial charge is 0.505 e. The van der Waals surface area contributed by atoms with Crippen molar-refractivity contribution < 1.29 is 9.90 Å². The summed E-state index contributed by atoms with van der Waals surface area (Å²) in [5.74, 6) is -0.119. The summed E-state index contributed by atoms with van der Waals surface area (Å²) in [5, 5.41) is 10.6. The van der Waals surface area contributed by atoms with Crippen LogP contribution in [0.4, 0.5) is 0 Å². The number of carbonyl (C=O) groups is 1. The molecule has 1 aliphatic rings. The average molecular weight is 313 g/mol. The van der Waals surface area contributed by atoms with Gasteiger partial charge in [0.15, 0.2) is 0 Å². The lowest BCUT2D eigenvalue weighted by molar-refractivity contribution is 0.0578. The molecule has 0 bridgehead atoms. The number of rotatable bonds is 5. The van der Waals surface area contributed by atoms with Crippen molar-refractivity contribution in [3.05, 3.63) is 24.0 Å². The number of carbonyl (C=O) groups excluding carboxylic acids is 1. The zero-order valence-electron chi connectivity index (χ0n) is 10.2. The van der Waals surface area contributed by atoms with Crippen LogP contribution in [-0.2, 0) is 0 Å². The molecule has 0 aromatic carbocycles. The highest BCUT2D eigenvalue weighted by atomic mass is 79.9. The molecule has 98 valence electrons. The number of halogens is 1. The minimum absolute atomic E-state index is 0.0364. The molecule has 1 N–H and O–H groups in total. The number of pyridine rings is 1. The molecule has 0 unspecified atom stereocenters. The van der Waals surface area contributed by atoms with Crippen molar-refractivity contribution in [3.63, 3.8) is 0 Å². The molecule has 1 fully saturated rings. The van der Waals surface area contributed by atoms with E-state index in [4.69, 9.17) is 0 Å². The summed E-state index contributed by atoms with van der Waals surface area (Å²) >= 11 is 3.39. The lowest BCUT2D eigenvalue weighted by Gasteiger charge is -2.37. The maximum Gasteiger partial charge on any atom is 0.257 e. The third-order valence-electron chi connectivity index (χ3n) is 3.34. The molecule has 2 rings (SSSR count). The summed E-state index contributed by atoms with van der Waals surface area (Å²) in [7, 11) is 0. The van der Waals surface area contributed by atoms with E-state index < -0.39 is 0 Å². The van der Waals surface area contributed by atoms with Gasteiger partial charge in [-0.25, -0.2) is 0 Å². The number of aromatic hydroxyl groups is 1. The Kier molecular flexibility index (Phi) is 4.58. The second kappa shape index (κ2) is 6.18. The summed E-state index contributed by atoms with van der Waals surface area (Å²) in [6.45, 7) is 0.733. The van der Waals surface area contributed by atoms with Crippen molar-refractivity contribution in [1.82, 2.24) is 9.88 Å². The summed E-state index contributed by atoms with van der Waals surface area (Å²) in [6, 6.07) is 1.92. The topological polar surface area (TPSA) is 53.4 Å². The fraction of sp³-hybridized carbons (Fsp3) is 0.538. The average Bonchev–Trinajstić information content (AvgIpc) is 2.32. The van der Waals surface area contributed by atoms with Crippen LogP contribution in [0, 0.1) is 0 Å². The molecule has 5 heteroatoms. The Labute approximate surface area is 115 Å². The second-order valence-electron chi connectivity index (χ2n) is 4.52. The van der Waals surface area contributed by atoms with Crippen LogP contribution >= 0.6 is 15.9 Å². The van der Waals surface area contributed by atoms with Crippen LogP contribution in [0.2, 0.25) is 0 Å². The number of hydrogen-bond donors (Lipinski definition) is 1. The van der Waals surface area contributed by atoms with Gasteiger partial charge in [-0.2, -0.15) is 0 Å². The fourth-order valence-electron chi connectivity index (χ4n) is 2.10. The molecule has 0 aliphatic heterocycles. The van der Waals surface area contributed by atoms with E-state index in [0.717, 1.165) is 31.1 Å². The van der Waals surface area contributed by atoms with Gasteiger partial charge in [0.05, 0.1) is 11.8 Å².